The maximum Gasteiger partial charge on any atom is 0.408 e. The zero-order valence-corrected chi connectivity index (χ0v) is 15.2. The Balaban J connectivity index is 2.73. The van der Waals surface area contributed by atoms with Crippen LogP contribution in [0.15, 0.2) is 16.6 Å². The lowest BCUT2D eigenvalue weighted by atomic mass is 10.2. The Bertz CT molecular complexity index is 604. The van der Waals surface area contributed by atoms with E-state index in [2.05, 4.69) is 21.2 Å². The van der Waals surface area contributed by atoms with E-state index in [-0.39, 0.29) is 18.0 Å². The molecule has 1 rings (SSSR count). The zero-order valence-electron chi connectivity index (χ0n) is 12.9. The van der Waals surface area contributed by atoms with Gasteiger partial charge < -0.3 is 25.6 Å². The first-order valence-corrected chi connectivity index (χ1v) is 7.76. The number of carboxylic acid groups (broad SMARTS) is 1. The van der Waals surface area contributed by atoms with Crippen LogP contribution in [0.25, 0.3) is 0 Å². The fourth-order valence-corrected chi connectivity index (χ4v) is 1.98. The van der Waals surface area contributed by atoms with Gasteiger partial charge in [0.1, 0.15) is 18.0 Å². The minimum absolute atomic E-state index is 0.218. The van der Waals surface area contributed by atoms with Crippen LogP contribution in [0.4, 0.5) is 10.5 Å². The number of hydrogen-bond donors (Lipinski definition) is 3. The number of carboxylic acids is 1. The van der Waals surface area contributed by atoms with Crippen molar-refractivity contribution in [3.05, 3.63) is 21.6 Å². The first-order chi connectivity index (χ1) is 10.5. The van der Waals surface area contributed by atoms with Gasteiger partial charge in [0.25, 0.3) is 0 Å². The van der Waals surface area contributed by atoms with Crippen molar-refractivity contribution in [2.24, 2.45) is 0 Å². The summed E-state index contributed by atoms with van der Waals surface area (Å²) in [5, 5.41) is 11.7. The lowest BCUT2D eigenvalue weighted by Gasteiger charge is -2.22. The maximum absolute atomic E-state index is 11.6. The lowest BCUT2D eigenvalue weighted by Crippen LogP contribution is -2.46. The van der Waals surface area contributed by atoms with E-state index in [0.717, 1.165) is 0 Å². The molecule has 9 heteroatoms. The standard InChI is InChI=1S/C14H18BrClN2O5/c1-14(2,3)23-13(21)18-10(12(19)20)6-22-11-5-8(16)7(15)4-9(11)17/h4-5,10H,6,17H2,1-3H3,(H,18,21)(H,19,20). The van der Waals surface area contributed by atoms with Crippen molar-refractivity contribution in [3.63, 3.8) is 0 Å². The molecule has 1 aromatic carbocycles. The fourth-order valence-electron chi connectivity index (χ4n) is 1.47. The fraction of sp³-hybridized carbons (Fsp3) is 0.429. The number of amides is 1. The van der Waals surface area contributed by atoms with E-state index in [0.29, 0.717) is 9.50 Å². The predicted octanol–water partition coefficient (Wildman–Crippen LogP) is 3.04. The molecule has 1 amide bonds. The third kappa shape index (κ3) is 6.54. The van der Waals surface area contributed by atoms with Gasteiger partial charge in [-0.3, -0.25) is 0 Å². The van der Waals surface area contributed by atoms with Gasteiger partial charge >= 0.3 is 12.1 Å². The van der Waals surface area contributed by atoms with E-state index >= 15 is 0 Å². The lowest BCUT2D eigenvalue weighted by molar-refractivity contribution is -0.140. The molecule has 0 bridgehead atoms. The number of anilines is 1. The SMILES string of the molecule is CC(C)(C)OC(=O)NC(COc1cc(Cl)c(Br)cc1N)C(=O)O. The summed E-state index contributed by atoms with van der Waals surface area (Å²) in [7, 11) is 0. The van der Waals surface area contributed by atoms with Crippen LogP contribution in [0.3, 0.4) is 0 Å². The molecule has 4 N–H and O–H groups in total. The Morgan fingerprint density at radius 3 is 2.57 bits per heavy atom. The Hall–Kier alpha value is -1.67. The summed E-state index contributed by atoms with van der Waals surface area (Å²) in [4.78, 5) is 22.9. The number of rotatable bonds is 5. The van der Waals surface area contributed by atoms with Gasteiger partial charge in [-0.05, 0) is 42.8 Å². The molecule has 0 heterocycles. The van der Waals surface area contributed by atoms with Crippen LogP contribution in [0.1, 0.15) is 20.8 Å². The molecule has 0 spiro atoms. The quantitative estimate of drug-likeness (QED) is 0.645. The van der Waals surface area contributed by atoms with Gasteiger partial charge in [-0.1, -0.05) is 11.6 Å². The van der Waals surface area contributed by atoms with Gasteiger partial charge in [-0.2, -0.15) is 0 Å². The summed E-state index contributed by atoms with van der Waals surface area (Å²) < 4.78 is 10.9. The smallest absolute Gasteiger partial charge is 0.408 e. The van der Waals surface area contributed by atoms with Crippen molar-refractivity contribution in [3.8, 4) is 5.75 Å². The summed E-state index contributed by atoms with van der Waals surface area (Å²) >= 11 is 9.14. The minimum Gasteiger partial charge on any atom is -0.489 e. The molecule has 1 atom stereocenters. The van der Waals surface area contributed by atoms with Crippen LogP contribution < -0.4 is 15.8 Å². The largest absolute Gasteiger partial charge is 0.489 e. The summed E-state index contributed by atoms with van der Waals surface area (Å²) in [6, 6.07) is 1.69. The number of benzene rings is 1. The first-order valence-electron chi connectivity index (χ1n) is 6.59. The van der Waals surface area contributed by atoms with Crippen LogP contribution in [-0.4, -0.2) is 35.4 Å². The number of carbonyl (C=O) groups is 2. The number of halogens is 2. The molecular weight excluding hydrogens is 392 g/mol. The van der Waals surface area contributed by atoms with Gasteiger partial charge in [-0.25, -0.2) is 9.59 Å². The van der Waals surface area contributed by atoms with Crippen LogP contribution >= 0.6 is 27.5 Å². The van der Waals surface area contributed by atoms with Crippen molar-refractivity contribution < 1.29 is 24.2 Å². The third-order valence-corrected chi connectivity index (χ3v) is 3.64. The van der Waals surface area contributed by atoms with E-state index in [9.17, 15) is 9.59 Å². The zero-order chi connectivity index (χ0) is 17.8. The van der Waals surface area contributed by atoms with E-state index in [4.69, 9.17) is 31.9 Å². The maximum atomic E-state index is 11.6. The van der Waals surface area contributed by atoms with Crippen molar-refractivity contribution in [1.82, 2.24) is 5.32 Å². The molecule has 0 aromatic heterocycles. The monoisotopic (exact) mass is 408 g/mol. The molecule has 0 aliphatic heterocycles. The number of nitrogens with two attached hydrogens (primary N) is 1. The predicted molar refractivity (Wildman–Crippen MR) is 89.9 cm³/mol. The Kier molecular flexibility index (Phi) is 6.52. The number of nitrogens with one attached hydrogen (secondary N) is 1. The van der Waals surface area contributed by atoms with E-state index in [1.165, 1.54) is 12.1 Å². The highest BCUT2D eigenvalue weighted by Gasteiger charge is 2.25. The van der Waals surface area contributed by atoms with E-state index in [1.54, 1.807) is 20.8 Å². The second-order valence-corrected chi connectivity index (χ2v) is 6.91. The Morgan fingerprint density at radius 1 is 1.43 bits per heavy atom. The average molecular weight is 410 g/mol. The third-order valence-electron chi connectivity index (χ3n) is 2.45. The van der Waals surface area contributed by atoms with Crippen molar-refractivity contribution >= 4 is 45.3 Å². The van der Waals surface area contributed by atoms with Crippen molar-refractivity contribution in [1.29, 1.82) is 0 Å². The Morgan fingerprint density at radius 2 is 2.04 bits per heavy atom. The van der Waals surface area contributed by atoms with E-state index in [1.807, 2.05) is 0 Å². The summed E-state index contributed by atoms with van der Waals surface area (Å²) in [5.74, 6) is -1.05. The van der Waals surface area contributed by atoms with Crippen LogP contribution in [0.5, 0.6) is 5.75 Å². The summed E-state index contributed by atoms with van der Waals surface area (Å²) in [5.41, 5.74) is 5.31. The molecule has 1 unspecified atom stereocenters. The second-order valence-electron chi connectivity index (χ2n) is 5.65. The second kappa shape index (κ2) is 7.74. The van der Waals surface area contributed by atoms with Crippen LogP contribution in [0.2, 0.25) is 5.02 Å². The number of ether oxygens (including phenoxy) is 2. The van der Waals surface area contributed by atoms with Gasteiger partial charge in [-0.15, -0.1) is 0 Å². The molecule has 0 radical (unpaired) electrons. The molecule has 0 aliphatic carbocycles. The molecular formula is C14H18BrClN2O5. The van der Waals surface area contributed by atoms with Crippen LogP contribution in [0, 0.1) is 0 Å². The highest BCUT2D eigenvalue weighted by Crippen LogP contribution is 2.32. The molecule has 0 saturated carbocycles. The average Bonchev–Trinajstić information content (AvgIpc) is 2.37. The number of alkyl carbamates (subject to hydrolysis) is 1. The molecule has 0 aliphatic rings. The molecule has 7 nitrogen and oxygen atoms in total. The Labute approximate surface area is 147 Å². The van der Waals surface area contributed by atoms with Gasteiger partial charge in [0.2, 0.25) is 0 Å². The van der Waals surface area contributed by atoms with E-state index < -0.39 is 23.7 Å². The highest BCUT2D eigenvalue weighted by molar-refractivity contribution is 9.10. The molecule has 0 fully saturated rings. The molecule has 23 heavy (non-hydrogen) atoms. The van der Waals surface area contributed by atoms with Gasteiger partial charge in [0.05, 0.1) is 10.7 Å². The normalized spacial score (nSPS) is 12.4. The topological polar surface area (TPSA) is 111 Å². The number of nitrogen functional groups attached to an aromatic ring is 1. The number of aliphatic carboxylic acids is 1. The summed E-state index contributed by atoms with van der Waals surface area (Å²) in [6.45, 7) is 4.67. The van der Waals surface area contributed by atoms with Crippen molar-refractivity contribution in [2.75, 3.05) is 12.3 Å². The minimum atomic E-state index is -1.30. The molecule has 1 aromatic rings. The van der Waals surface area contributed by atoms with Crippen molar-refractivity contribution in [2.45, 2.75) is 32.4 Å². The molecule has 128 valence electrons. The van der Waals surface area contributed by atoms with Gasteiger partial charge in [0.15, 0.2) is 6.04 Å². The molecule has 0 saturated heterocycles. The van der Waals surface area contributed by atoms with Gasteiger partial charge in [0, 0.05) is 10.5 Å². The highest BCUT2D eigenvalue weighted by atomic mass is 79.9. The number of carbonyl (C=O) groups excluding carboxylic acids is 1. The van der Waals surface area contributed by atoms with Crippen LogP contribution in [-0.2, 0) is 9.53 Å². The number of hydrogen-bond acceptors (Lipinski definition) is 5. The first kappa shape index (κ1) is 19.4. The summed E-state index contributed by atoms with van der Waals surface area (Å²) in [6.07, 6.45) is -0.852.